The van der Waals surface area contributed by atoms with Crippen LogP contribution in [0.4, 0.5) is 0 Å². The van der Waals surface area contributed by atoms with E-state index in [1.54, 1.807) is 6.33 Å². The highest BCUT2D eigenvalue weighted by Crippen LogP contribution is 2.16. The molecule has 0 spiro atoms. The summed E-state index contributed by atoms with van der Waals surface area (Å²) in [6, 6.07) is 8.52. The highest BCUT2D eigenvalue weighted by Gasteiger charge is 2.09. The number of halogens is 2. The molecule has 0 saturated heterocycles. The second-order valence-corrected chi connectivity index (χ2v) is 6.96. The Morgan fingerprint density at radius 3 is 2.73 bits per heavy atom. The van der Waals surface area contributed by atoms with Gasteiger partial charge in [0.05, 0.1) is 0 Å². The predicted octanol–water partition coefficient (Wildman–Crippen LogP) is 3.52. The third kappa shape index (κ3) is 7.61. The van der Waals surface area contributed by atoms with Crippen LogP contribution >= 0.6 is 39.9 Å². The molecule has 6 nitrogen and oxygen atoms in total. The van der Waals surface area contributed by atoms with E-state index in [2.05, 4.69) is 79.9 Å². The van der Waals surface area contributed by atoms with Crippen molar-refractivity contribution in [1.82, 2.24) is 25.4 Å². The minimum atomic E-state index is 0. The number of guanidine groups is 1. The van der Waals surface area contributed by atoms with Gasteiger partial charge in [-0.05, 0) is 37.0 Å². The van der Waals surface area contributed by atoms with Gasteiger partial charge in [-0.3, -0.25) is 0 Å². The summed E-state index contributed by atoms with van der Waals surface area (Å²) in [5, 5.41) is 14.7. The topological polar surface area (TPSA) is 67.1 Å². The zero-order valence-electron chi connectivity index (χ0n) is 15.6. The van der Waals surface area contributed by atoms with E-state index in [0.717, 1.165) is 42.2 Å². The average Bonchev–Trinajstić information content (AvgIpc) is 3.01. The molecular weight excluding hydrogens is 507 g/mol. The largest absolute Gasteiger partial charge is 0.357 e. The van der Waals surface area contributed by atoms with E-state index in [0.29, 0.717) is 12.5 Å². The van der Waals surface area contributed by atoms with Crippen molar-refractivity contribution in [3.8, 4) is 0 Å². The van der Waals surface area contributed by atoms with Crippen LogP contribution in [0, 0.1) is 5.92 Å². The molecule has 1 unspecified atom stereocenters. The Bertz CT molecular complexity index is 688. The van der Waals surface area contributed by atoms with E-state index in [9.17, 15) is 0 Å². The maximum Gasteiger partial charge on any atom is 0.191 e. The minimum Gasteiger partial charge on any atom is -0.357 e. The summed E-state index contributed by atoms with van der Waals surface area (Å²) in [5.41, 5.74) is 1.35. The average molecular weight is 535 g/mol. The van der Waals surface area contributed by atoms with Crippen LogP contribution in [-0.2, 0) is 20.0 Å². The smallest absolute Gasteiger partial charge is 0.191 e. The fraction of sp³-hybridized carbons (Fsp3) is 0.500. The molecule has 2 N–H and O–H groups in total. The van der Waals surface area contributed by atoms with Crippen molar-refractivity contribution in [3.63, 3.8) is 0 Å². The number of hydrogen-bond donors (Lipinski definition) is 2. The molecule has 1 aromatic carbocycles. The molecule has 0 fully saturated rings. The van der Waals surface area contributed by atoms with Gasteiger partial charge in [-0.15, -0.1) is 34.2 Å². The lowest BCUT2D eigenvalue weighted by molar-refractivity contribution is 0.493. The molecule has 1 atom stereocenters. The monoisotopic (exact) mass is 534 g/mol. The molecular formula is C18H28BrIN6. The summed E-state index contributed by atoms with van der Waals surface area (Å²) in [7, 11) is 1.93. The molecule has 2 rings (SSSR count). The first kappa shape index (κ1) is 22.9. The van der Waals surface area contributed by atoms with Gasteiger partial charge in [0, 0.05) is 24.6 Å². The Morgan fingerprint density at radius 2 is 2.12 bits per heavy atom. The molecule has 26 heavy (non-hydrogen) atoms. The van der Waals surface area contributed by atoms with Crippen molar-refractivity contribution >= 4 is 45.9 Å². The Balaban J connectivity index is 0.00000338. The van der Waals surface area contributed by atoms with Crippen LogP contribution in [0.1, 0.15) is 31.7 Å². The first-order chi connectivity index (χ1) is 12.1. The molecule has 144 valence electrons. The molecule has 0 aliphatic heterocycles. The predicted molar refractivity (Wildman–Crippen MR) is 121 cm³/mol. The van der Waals surface area contributed by atoms with Crippen molar-refractivity contribution in [1.29, 1.82) is 0 Å². The molecule has 0 saturated carbocycles. The first-order valence-electron chi connectivity index (χ1n) is 8.71. The fourth-order valence-electron chi connectivity index (χ4n) is 2.54. The normalized spacial score (nSPS) is 12.4. The van der Waals surface area contributed by atoms with E-state index in [1.807, 2.05) is 11.6 Å². The second kappa shape index (κ2) is 12.3. The lowest BCUT2D eigenvalue weighted by atomic mass is 9.97. The lowest BCUT2D eigenvalue weighted by Crippen LogP contribution is -2.40. The molecule has 0 aliphatic carbocycles. The van der Waals surface area contributed by atoms with E-state index < -0.39 is 0 Å². The highest BCUT2D eigenvalue weighted by atomic mass is 127. The van der Waals surface area contributed by atoms with Gasteiger partial charge in [0.25, 0.3) is 0 Å². The summed E-state index contributed by atoms with van der Waals surface area (Å²) >= 11 is 3.54. The Hall–Kier alpha value is -1.16. The van der Waals surface area contributed by atoms with Gasteiger partial charge in [-0.25, -0.2) is 4.99 Å². The van der Waals surface area contributed by atoms with Gasteiger partial charge in [-0.2, -0.15) is 0 Å². The summed E-state index contributed by atoms with van der Waals surface area (Å²) in [4.78, 5) is 4.61. The molecule has 1 heterocycles. The van der Waals surface area contributed by atoms with Crippen molar-refractivity contribution in [2.24, 2.45) is 18.0 Å². The first-order valence-corrected chi connectivity index (χ1v) is 9.51. The molecule has 0 radical (unpaired) electrons. The Kier molecular flexibility index (Phi) is 10.8. The van der Waals surface area contributed by atoms with Crippen LogP contribution in [-0.4, -0.2) is 33.8 Å². The number of nitrogens with one attached hydrogen (secondary N) is 2. The number of aliphatic imine (C=N–C) groups is 1. The lowest BCUT2D eigenvalue weighted by Gasteiger charge is -2.18. The molecule has 0 bridgehead atoms. The Morgan fingerprint density at radius 1 is 1.31 bits per heavy atom. The maximum atomic E-state index is 4.61. The third-order valence-corrected chi connectivity index (χ3v) is 4.57. The van der Waals surface area contributed by atoms with Crippen LogP contribution in [0.3, 0.4) is 0 Å². The fourth-order valence-corrected chi connectivity index (χ4v) is 2.99. The highest BCUT2D eigenvalue weighted by molar-refractivity contribution is 14.0. The quantitative estimate of drug-likeness (QED) is 0.309. The molecule has 2 aromatic rings. The van der Waals surface area contributed by atoms with E-state index in [-0.39, 0.29) is 24.0 Å². The number of nitrogens with zero attached hydrogens (tertiary/aromatic N) is 4. The summed E-state index contributed by atoms with van der Waals surface area (Å²) in [6.45, 7) is 6.52. The van der Waals surface area contributed by atoms with Gasteiger partial charge in [0.2, 0.25) is 0 Å². The minimum absolute atomic E-state index is 0. The van der Waals surface area contributed by atoms with Crippen molar-refractivity contribution in [3.05, 3.63) is 46.5 Å². The Labute approximate surface area is 181 Å². The number of benzene rings is 1. The van der Waals surface area contributed by atoms with Crippen LogP contribution in [0.2, 0.25) is 0 Å². The van der Waals surface area contributed by atoms with E-state index in [4.69, 9.17) is 0 Å². The van der Waals surface area contributed by atoms with Gasteiger partial charge < -0.3 is 15.2 Å². The second-order valence-electron chi connectivity index (χ2n) is 6.04. The van der Waals surface area contributed by atoms with Crippen LogP contribution in [0.5, 0.6) is 0 Å². The zero-order chi connectivity index (χ0) is 18.1. The van der Waals surface area contributed by atoms with E-state index in [1.165, 1.54) is 5.56 Å². The number of aryl methyl sites for hydroxylation is 1. The number of aromatic nitrogens is 3. The third-order valence-electron chi connectivity index (χ3n) is 4.08. The summed E-state index contributed by atoms with van der Waals surface area (Å²) in [5.74, 6) is 2.21. The van der Waals surface area contributed by atoms with E-state index >= 15 is 0 Å². The number of hydrogen-bond acceptors (Lipinski definition) is 3. The van der Waals surface area contributed by atoms with Crippen molar-refractivity contribution in [2.75, 3.05) is 13.1 Å². The summed E-state index contributed by atoms with van der Waals surface area (Å²) in [6.07, 6.45) is 3.85. The molecule has 0 amide bonds. The van der Waals surface area contributed by atoms with Gasteiger partial charge >= 0.3 is 0 Å². The SMILES string of the molecule is CCNC(=NCc1nncn1C)NCC(CC)Cc1cccc(Br)c1.I. The van der Waals surface area contributed by atoms with Crippen LogP contribution in [0.15, 0.2) is 40.1 Å². The van der Waals surface area contributed by atoms with Crippen molar-refractivity contribution in [2.45, 2.75) is 33.2 Å². The number of rotatable bonds is 8. The maximum absolute atomic E-state index is 4.61. The molecule has 8 heteroatoms. The molecule has 1 aromatic heterocycles. The van der Waals surface area contributed by atoms with Gasteiger partial charge in [-0.1, -0.05) is 41.4 Å². The zero-order valence-corrected chi connectivity index (χ0v) is 19.5. The van der Waals surface area contributed by atoms with Gasteiger partial charge in [0.15, 0.2) is 11.8 Å². The van der Waals surface area contributed by atoms with Crippen LogP contribution < -0.4 is 10.6 Å². The van der Waals surface area contributed by atoms with Crippen molar-refractivity contribution < 1.29 is 0 Å². The van der Waals surface area contributed by atoms with Crippen LogP contribution in [0.25, 0.3) is 0 Å². The summed E-state index contributed by atoms with van der Waals surface area (Å²) < 4.78 is 3.02. The molecule has 0 aliphatic rings. The standard InChI is InChI=1S/C18H27BrN6.HI/c1-4-14(9-15-7-6-8-16(19)10-15)11-21-18(20-5-2)22-12-17-24-23-13-25(17)3;/h6-8,10,13-14H,4-5,9,11-12H2,1-3H3,(H2,20,21,22);1H. The van der Waals surface area contributed by atoms with Gasteiger partial charge in [0.1, 0.15) is 12.9 Å².